The molecule has 0 amide bonds. The van der Waals surface area contributed by atoms with Gasteiger partial charge in [0.1, 0.15) is 10.8 Å². The zero-order valence-electron chi connectivity index (χ0n) is 9.92. The number of aliphatic hydroxyl groups excluding tert-OH is 1. The first-order chi connectivity index (χ1) is 8.26. The molecule has 0 unspecified atom stereocenters. The maximum Gasteiger partial charge on any atom is 0.120 e. The van der Waals surface area contributed by atoms with Gasteiger partial charge in [-0.05, 0) is 24.6 Å². The molecular formula is C12H15ClN2O2S. The van der Waals surface area contributed by atoms with Crippen LogP contribution in [0.2, 0.25) is 0 Å². The number of methoxy groups -OCH3 is 1. The summed E-state index contributed by atoms with van der Waals surface area (Å²) in [5.41, 5.74) is 0.994. The molecule has 18 heavy (non-hydrogen) atoms. The van der Waals surface area contributed by atoms with Gasteiger partial charge in [0.05, 0.1) is 29.5 Å². The summed E-state index contributed by atoms with van der Waals surface area (Å²) in [7, 11) is 1.66. The molecule has 1 aromatic carbocycles. The number of benzene rings is 1. The van der Waals surface area contributed by atoms with Crippen LogP contribution in [0.25, 0.3) is 10.2 Å². The summed E-state index contributed by atoms with van der Waals surface area (Å²) >= 11 is 1.66. The highest BCUT2D eigenvalue weighted by Gasteiger charge is 2.26. The van der Waals surface area contributed by atoms with Crippen LogP contribution in [-0.4, -0.2) is 29.8 Å². The molecule has 2 aromatic rings. The monoisotopic (exact) mass is 286 g/mol. The number of aromatic nitrogens is 1. The topological polar surface area (TPSA) is 54.4 Å². The number of aliphatic hydroxyl groups is 1. The number of nitrogens with zero attached hydrogens (tertiary/aromatic N) is 1. The Balaban J connectivity index is 0.00000120. The highest BCUT2D eigenvalue weighted by atomic mass is 35.5. The molecule has 2 N–H and O–H groups in total. The second kappa shape index (κ2) is 5.40. The van der Waals surface area contributed by atoms with Gasteiger partial charge < -0.3 is 15.2 Å². The number of nitrogens with one attached hydrogen (secondary N) is 1. The largest absolute Gasteiger partial charge is 0.497 e. The zero-order chi connectivity index (χ0) is 11.8. The van der Waals surface area contributed by atoms with E-state index in [1.54, 1.807) is 18.4 Å². The molecule has 3 rings (SSSR count). The standard InChI is InChI=1S/C12H14N2O2S.ClH/c1-16-8-2-3-9-11(5-8)17-12(14-9)10-4-7(15)6-13-10;/h2-3,5,7,10,13,15H,4,6H2,1H3;1H/t7-,10+;/m1./s1. The van der Waals surface area contributed by atoms with Crippen LogP contribution in [0, 0.1) is 0 Å². The Morgan fingerprint density at radius 1 is 1.50 bits per heavy atom. The molecule has 6 heteroatoms. The lowest BCUT2D eigenvalue weighted by Crippen LogP contribution is -2.14. The number of thiazole rings is 1. The molecule has 2 atom stereocenters. The van der Waals surface area contributed by atoms with Crippen molar-refractivity contribution in [2.75, 3.05) is 13.7 Å². The van der Waals surface area contributed by atoms with Gasteiger partial charge in [0.15, 0.2) is 0 Å². The van der Waals surface area contributed by atoms with Crippen molar-refractivity contribution in [2.45, 2.75) is 18.6 Å². The number of hydrogen-bond donors (Lipinski definition) is 2. The van der Waals surface area contributed by atoms with Crippen LogP contribution in [0.1, 0.15) is 17.5 Å². The fourth-order valence-corrected chi connectivity index (χ4v) is 3.19. The van der Waals surface area contributed by atoms with Crippen molar-refractivity contribution in [1.29, 1.82) is 0 Å². The Kier molecular flexibility index (Phi) is 4.07. The van der Waals surface area contributed by atoms with Gasteiger partial charge >= 0.3 is 0 Å². The van der Waals surface area contributed by atoms with E-state index in [1.165, 1.54) is 0 Å². The molecule has 4 nitrogen and oxygen atoms in total. The van der Waals surface area contributed by atoms with E-state index in [-0.39, 0.29) is 24.6 Å². The Labute approximate surface area is 115 Å². The second-order valence-corrected chi connectivity index (χ2v) is 5.30. The highest BCUT2D eigenvalue weighted by Crippen LogP contribution is 2.32. The van der Waals surface area contributed by atoms with Crippen LogP contribution in [0.4, 0.5) is 0 Å². The average Bonchev–Trinajstić information content (AvgIpc) is 2.93. The van der Waals surface area contributed by atoms with E-state index in [2.05, 4.69) is 10.3 Å². The van der Waals surface area contributed by atoms with E-state index in [9.17, 15) is 5.11 Å². The Morgan fingerprint density at radius 2 is 2.33 bits per heavy atom. The summed E-state index contributed by atoms with van der Waals surface area (Å²) in [6, 6.07) is 6.08. The molecule has 0 spiro atoms. The van der Waals surface area contributed by atoms with Crippen LogP contribution in [0.3, 0.4) is 0 Å². The van der Waals surface area contributed by atoms with Crippen molar-refractivity contribution in [2.24, 2.45) is 0 Å². The summed E-state index contributed by atoms with van der Waals surface area (Å²) in [6.07, 6.45) is 0.498. The second-order valence-electron chi connectivity index (χ2n) is 4.24. The minimum atomic E-state index is -0.249. The Hall–Kier alpha value is -0.880. The third-order valence-corrected chi connectivity index (χ3v) is 4.15. The van der Waals surface area contributed by atoms with Gasteiger partial charge in [-0.1, -0.05) is 0 Å². The van der Waals surface area contributed by atoms with Gasteiger partial charge in [-0.2, -0.15) is 0 Å². The van der Waals surface area contributed by atoms with Gasteiger partial charge in [-0.3, -0.25) is 0 Å². The van der Waals surface area contributed by atoms with Crippen LogP contribution in [0.5, 0.6) is 5.75 Å². The van der Waals surface area contributed by atoms with E-state index in [1.807, 2.05) is 18.2 Å². The number of rotatable bonds is 2. The van der Waals surface area contributed by atoms with E-state index in [0.29, 0.717) is 6.54 Å². The van der Waals surface area contributed by atoms with Crippen molar-refractivity contribution in [3.05, 3.63) is 23.2 Å². The molecule has 98 valence electrons. The minimum absolute atomic E-state index is 0. The predicted octanol–water partition coefficient (Wildman–Crippen LogP) is 2.12. The molecule has 1 aromatic heterocycles. The highest BCUT2D eigenvalue weighted by molar-refractivity contribution is 7.18. The van der Waals surface area contributed by atoms with Gasteiger partial charge in [0.2, 0.25) is 0 Å². The molecule has 1 fully saturated rings. The van der Waals surface area contributed by atoms with Gasteiger partial charge in [-0.15, -0.1) is 23.7 Å². The molecule has 1 aliphatic rings. The number of hydrogen-bond acceptors (Lipinski definition) is 5. The number of fused-ring (bicyclic) bond motifs is 1. The zero-order valence-corrected chi connectivity index (χ0v) is 11.6. The van der Waals surface area contributed by atoms with Gasteiger partial charge in [-0.25, -0.2) is 4.98 Å². The van der Waals surface area contributed by atoms with Crippen molar-refractivity contribution >= 4 is 34.0 Å². The number of halogens is 1. The summed E-state index contributed by atoms with van der Waals surface area (Å²) in [5, 5.41) is 13.8. The fourth-order valence-electron chi connectivity index (χ4n) is 2.10. The lowest BCUT2D eigenvalue weighted by molar-refractivity contribution is 0.193. The average molecular weight is 287 g/mol. The summed E-state index contributed by atoms with van der Waals surface area (Å²) in [5.74, 6) is 0.854. The first-order valence-corrected chi connectivity index (χ1v) is 6.44. The van der Waals surface area contributed by atoms with E-state index in [0.717, 1.165) is 27.4 Å². The lowest BCUT2D eigenvalue weighted by Gasteiger charge is -2.03. The first-order valence-electron chi connectivity index (χ1n) is 5.62. The number of ether oxygens (including phenoxy) is 1. The molecule has 1 saturated heterocycles. The quantitative estimate of drug-likeness (QED) is 0.888. The van der Waals surface area contributed by atoms with Crippen LogP contribution in [-0.2, 0) is 0 Å². The van der Waals surface area contributed by atoms with Gasteiger partial charge in [0, 0.05) is 6.54 Å². The summed E-state index contributed by atoms with van der Waals surface area (Å²) < 4.78 is 6.32. The summed E-state index contributed by atoms with van der Waals surface area (Å²) in [4.78, 5) is 4.59. The Morgan fingerprint density at radius 3 is 3.00 bits per heavy atom. The normalized spacial score (nSPS) is 23.0. The smallest absolute Gasteiger partial charge is 0.120 e. The molecule has 1 aliphatic heterocycles. The van der Waals surface area contributed by atoms with E-state index >= 15 is 0 Å². The molecule has 0 saturated carbocycles. The minimum Gasteiger partial charge on any atom is -0.497 e. The predicted molar refractivity (Wildman–Crippen MR) is 74.8 cm³/mol. The SMILES string of the molecule is COc1ccc2nc([C@@H]3C[C@@H](O)CN3)sc2c1.Cl. The molecule has 0 bridgehead atoms. The van der Waals surface area contributed by atoms with E-state index < -0.39 is 0 Å². The molecular weight excluding hydrogens is 272 g/mol. The molecule has 0 radical (unpaired) electrons. The molecule has 2 heterocycles. The van der Waals surface area contributed by atoms with E-state index in [4.69, 9.17) is 4.74 Å². The first kappa shape index (κ1) is 13.5. The fraction of sp³-hybridized carbons (Fsp3) is 0.417. The third kappa shape index (κ3) is 2.44. The molecule has 0 aliphatic carbocycles. The van der Waals surface area contributed by atoms with Crippen LogP contribution < -0.4 is 10.1 Å². The van der Waals surface area contributed by atoms with Crippen molar-refractivity contribution in [3.8, 4) is 5.75 Å². The third-order valence-electron chi connectivity index (χ3n) is 3.02. The number of β-amino-alcohol motifs (C(OH)–C–C–N with tert-alkyl or cyclic N) is 1. The van der Waals surface area contributed by atoms with Crippen LogP contribution in [0.15, 0.2) is 18.2 Å². The Bertz CT molecular complexity index is 546. The van der Waals surface area contributed by atoms with Crippen molar-refractivity contribution in [1.82, 2.24) is 10.3 Å². The maximum atomic E-state index is 9.51. The summed E-state index contributed by atoms with van der Waals surface area (Å²) in [6.45, 7) is 0.657. The maximum absolute atomic E-state index is 9.51. The van der Waals surface area contributed by atoms with Crippen molar-refractivity contribution < 1.29 is 9.84 Å². The van der Waals surface area contributed by atoms with Gasteiger partial charge in [0.25, 0.3) is 0 Å². The lowest BCUT2D eigenvalue weighted by atomic mass is 10.2. The van der Waals surface area contributed by atoms with Crippen molar-refractivity contribution in [3.63, 3.8) is 0 Å². The van der Waals surface area contributed by atoms with Crippen LogP contribution >= 0.6 is 23.7 Å².